The quantitative estimate of drug-likeness (QED) is 0.745. The average molecular weight is 374 g/mol. The van der Waals surface area contributed by atoms with E-state index in [1.165, 1.54) is 11.1 Å². The molecule has 0 spiro atoms. The van der Waals surface area contributed by atoms with Crippen LogP contribution in [0.3, 0.4) is 0 Å². The molecule has 0 saturated heterocycles. The molecule has 28 heavy (non-hydrogen) atoms. The van der Waals surface area contributed by atoms with Gasteiger partial charge >= 0.3 is 0 Å². The number of nitrogens with one attached hydrogen (secondary N) is 1. The number of carbonyl (C=O) groups excluding carboxylic acids is 1. The number of anilines is 2. The van der Waals surface area contributed by atoms with Crippen molar-refractivity contribution in [3.63, 3.8) is 0 Å². The van der Waals surface area contributed by atoms with Crippen LogP contribution in [0, 0.1) is 20.8 Å². The lowest BCUT2D eigenvalue weighted by Gasteiger charge is -2.24. The Bertz CT molecular complexity index is 1020. The number of hydrogen-bond acceptors (Lipinski definition) is 3. The van der Waals surface area contributed by atoms with E-state index in [9.17, 15) is 4.79 Å². The summed E-state index contributed by atoms with van der Waals surface area (Å²) >= 11 is 0. The van der Waals surface area contributed by atoms with E-state index >= 15 is 0 Å². The van der Waals surface area contributed by atoms with Gasteiger partial charge in [-0.2, -0.15) is 5.10 Å². The van der Waals surface area contributed by atoms with Crippen molar-refractivity contribution < 1.29 is 4.79 Å². The van der Waals surface area contributed by atoms with Crippen molar-refractivity contribution in [2.45, 2.75) is 40.2 Å². The summed E-state index contributed by atoms with van der Waals surface area (Å²) in [6, 6.07) is 16.9. The molecule has 0 aliphatic carbocycles. The maximum Gasteiger partial charge on any atom is 0.244 e. The predicted molar refractivity (Wildman–Crippen MR) is 113 cm³/mol. The molecule has 4 rings (SSSR count). The second kappa shape index (κ2) is 7.15. The van der Waals surface area contributed by atoms with Crippen molar-refractivity contribution in [3.05, 3.63) is 71.0 Å². The Kier molecular flexibility index (Phi) is 4.67. The van der Waals surface area contributed by atoms with Crippen molar-refractivity contribution in [1.29, 1.82) is 0 Å². The number of para-hydroxylation sites is 1. The van der Waals surface area contributed by atoms with Gasteiger partial charge in [0.15, 0.2) is 0 Å². The van der Waals surface area contributed by atoms with E-state index in [4.69, 9.17) is 0 Å². The first-order valence-corrected chi connectivity index (χ1v) is 9.71. The molecule has 0 bridgehead atoms. The van der Waals surface area contributed by atoms with Crippen LogP contribution in [0.1, 0.15) is 29.4 Å². The normalized spacial score (nSPS) is 15.6. The lowest BCUT2D eigenvalue weighted by Crippen LogP contribution is -2.37. The van der Waals surface area contributed by atoms with Gasteiger partial charge in [-0.05, 0) is 57.9 Å². The van der Waals surface area contributed by atoms with Gasteiger partial charge < -0.3 is 10.2 Å². The van der Waals surface area contributed by atoms with Crippen molar-refractivity contribution in [1.82, 2.24) is 9.78 Å². The molecular formula is C23H26N4O. The number of fused-ring (bicyclic) bond motifs is 1. The molecule has 2 aromatic carbocycles. The summed E-state index contributed by atoms with van der Waals surface area (Å²) in [4.78, 5) is 15.0. The Morgan fingerprint density at radius 3 is 2.57 bits per heavy atom. The predicted octanol–water partition coefficient (Wildman–Crippen LogP) is 4.19. The molecule has 144 valence electrons. The third-order valence-corrected chi connectivity index (χ3v) is 5.50. The van der Waals surface area contributed by atoms with Gasteiger partial charge in [-0.1, -0.05) is 35.9 Å². The Balaban J connectivity index is 1.53. The van der Waals surface area contributed by atoms with E-state index in [0.717, 1.165) is 34.9 Å². The van der Waals surface area contributed by atoms with E-state index in [1.54, 1.807) is 0 Å². The van der Waals surface area contributed by atoms with E-state index < -0.39 is 0 Å². The van der Waals surface area contributed by atoms with E-state index in [2.05, 4.69) is 59.5 Å². The molecule has 2 heterocycles. The van der Waals surface area contributed by atoms with Gasteiger partial charge in [0.05, 0.1) is 29.3 Å². The fourth-order valence-electron chi connectivity index (χ4n) is 3.97. The fraction of sp³-hybridized carbons (Fsp3) is 0.304. The van der Waals surface area contributed by atoms with Crippen molar-refractivity contribution in [2.75, 3.05) is 16.8 Å². The minimum atomic E-state index is -0.0155. The summed E-state index contributed by atoms with van der Waals surface area (Å²) in [5, 5.41) is 7.73. The Morgan fingerprint density at radius 2 is 1.82 bits per heavy atom. The molecule has 0 fully saturated rings. The molecule has 1 aliphatic heterocycles. The van der Waals surface area contributed by atoms with Crippen molar-refractivity contribution in [2.24, 2.45) is 0 Å². The minimum Gasteiger partial charge on any atom is -0.359 e. The number of aryl methyl sites for hydroxylation is 2. The van der Waals surface area contributed by atoms with E-state index in [0.29, 0.717) is 12.6 Å². The van der Waals surface area contributed by atoms with Crippen LogP contribution in [0.2, 0.25) is 0 Å². The monoisotopic (exact) mass is 374 g/mol. The number of amides is 1. The first-order valence-electron chi connectivity index (χ1n) is 9.71. The topological polar surface area (TPSA) is 50.2 Å². The Labute approximate surface area is 166 Å². The van der Waals surface area contributed by atoms with Gasteiger partial charge in [-0.25, -0.2) is 4.68 Å². The maximum atomic E-state index is 12.8. The van der Waals surface area contributed by atoms with Crippen LogP contribution >= 0.6 is 0 Å². The summed E-state index contributed by atoms with van der Waals surface area (Å²) < 4.78 is 1.89. The van der Waals surface area contributed by atoms with Crippen molar-refractivity contribution >= 4 is 17.3 Å². The number of rotatable bonds is 4. The number of aromatic nitrogens is 2. The third kappa shape index (κ3) is 3.28. The molecule has 5 nitrogen and oxygen atoms in total. The highest BCUT2D eigenvalue weighted by atomic mass is 16.2. The van der Waals surface area contributed by atoms with Gasteiger partial charge in [-0.15, -0.1) is 0 Å². The number of hydrogen-bond donors (Lipinski definition) is 1. The molecule has 5 heteroatoms. The first kappa shape index (κ1) is 18.3. The van der Waals surface area contributed by atoms with Gasteiger partial charge in [-0.3, -0.25) is 4.79 Å². The van der Waals surface area contributed by atoms with Crippen molar-refractivity contribution in [3.8, 4) is 5.69 Å². The molecule has 1 aliphatic rings. The fourth-order valence-corrected chi connectivity index (χ4v) is 3.97. The molecule has 1 unspecified atom stereocenters. The van der Waals surface area contributed by atoms with Gasteiger partial charge in [0, 0.05) is 11.7 Å². The van der Waals surface area contributed by atoms with E-state index in [-0.39, 0.29) is 5.91 Å². The SMILES string of the molecule is Cc1ccc(-n2nc(C)c(NC(=O)CN3c4ccccc4CC3C)c2C)cc1. The number of carbonyl (C=O) groups is 1. The van der Waals surface area contributed by atoms with Crippen LogP contribution in [0.15, 0.2) is 48.5 Å². The molecule has 0 radical (unpaired) electrons. The highest BCUT2D eigenvalue weighted by molar-refractivity contribution is 5.95. The molecule has 0 saturated carbocycles. The number of benzene rings is 2. The third-order valence-electron chi connectivity index (χ3n) is 5.50. The van der Waals surface area contributed by atoms with Crippen LogP contribution in [-0.2, 0) is 11.2 Å². The second-order valence-corrected chi connectivity index (χ2v) is 7.65. The van der Waals surface area contributed by atoms with Crippen LogP contribution in [0.25, 0.3) is 5.69 Å². The minimum absolute atomic E-state index is 0.0155. The zero-order valence-electron chi connectivity index (χ0n) is 16.9. The van der Waals surface area contributed by atoms with E-state index in [1.807, 2.05) is 36.7 Å². The zero-order chi connectivity index (χ0) is 19.8. The lowest BCUT2D eigenvalue weighted by molar-refractivity contribution is -0.115. The molecule has 1 amide bonds. The lowest BCUT2D eigenvalue weighted by atomic mass is 10.1. The maximum absolute atomic E-state index is 12.8. The Hall–Kier alpha value is -3.08. The Morgan fingerprint density at radius 1 is 1.11 bits per heavy atom. The van der Waals surface area contributed by atoms with Gasteiger partial charge in [0.1, 0.15) is 0 Å². The highest BCUT2D eigenvalue weighted by Crippen LogP contribution is 2.31. The summed E-state index contributed by atoms with van der Waals surface area (Å²) in [5.74, 6) is -0.0155. The molecule has 1 atom stereocenters. The summed E-state index contributed by atoms with van der Waals surface area (Å²) in [5.41, 5.74) is 7.22. The standard InChI is InChI=1S/C23H26N4O/c1-15-9-11-20(12-10-15)27-18(4)23(17(3)25-27)24-22(28)14-26-16(2)13-19-7-5-6-8-21(19)26/h5-12,16H,13-14H2,1-4H3,(H,24,28). The molecule has 1 aromatic heterocycles. The smallest absolute Gasteiger partial charge is 0.244 e. The van der Waals surface area contributed by atoms with Crippen LogP contribution < -0.4 is 10.2 Å². The van der Waals surface area contributed by atoms with Crippen LogP contribution in [0.4, 0.5) is 11.4 Å². The summed E-state index contributed by atoms with van der Waals surface area (Å²) in [7, 11) is 0. The van der Waals surface area contributed by atoms with Crippen LogP contribution in [-0.4, -0.2) is 28.3 Å². The largest absolute Gasteiger partial charge is 0.359 e. The highest BCUT2D eigenvalue weighted by Gasteiger charge is 2.27. The van der Waals surface area contributed by atoms with Gasteiger partial charge in [0.2, 0.25) is 5.91 Å². The zero-order valence-corrected chi connectivity index (χ0v) is 16.9. The van der Waals surface area contributed by atoms with Gasteiger partial charge in [0.25, 0.3) is 0 Å². The number of nitrogens with zero attached hydrogens (tertiary/aromatic N) is 3. The molecular weight excluding hydrogens is 348 g/mol. The summed E-state index contributed by atoms with van der Waals surface area (Å²) in [6.07, 6.45) is 0.979. The van der Waals surface area contributed by atoms with Crippen LogP contribution in [0.5, 0.6) is 0 Å². The average Bonchev–Trinajstić information content (AvgIpc) is 3.13. The summed E-state index contributed by atoms with van der Waals surface area (Å²) in [6.45, 7) is 8.49. The molecule has 1 N–H and O–H groups in total. The first-order chi connectivity index (χ1) is 13.4. The second-order valence-electron chi connectivity index (χ2n) is 7.65. The molecule has 3 aromatic rings.